The highest BCUT2D eigenvalue weighted by Crippen LogP contribution is 2.21. The topological polar surface area (TPSA) is 38.3 Å². The van der Waals surface area contributed by atoms with Gasteiger partial charge in [-0.3, -0.25) is 4.79 Å². The standard InChI is InChI=1S/C16H25NO2/c1-11(2)14(12(3)4)10-17-16(18)13-8-6-7-9-15(13)19-5/h6-9,11-12,14H,10H2,1-5H3,(H,17,18). The van der Waals surface area contributed by atoms with Crippen molar-refractivity contribution in [3.63, 3.8) is 0 Å². The normalized spacial score (nSPS) is 11.2. The summed E-state index contributed by atoms with van der Waals surface area (Å²) in [4.78, 5) is 12.2. The van der Waals surface area contributed by atoms with Gasteiger partial charge >= 0.3 is 0 Å². The Bertz CT molecular complexity index is 405. The van der Waals surface area contributed by atoms with Crippen molar-refractivity contribution in [3.05, 3.63) is 29.8 Å². The van der Waals surface area contributed by atoms with Crippen LogP contribution in [0.25, 0.3) is 0 Å². The number of hydrogen-bond acceptors (Lipinski definition) is 2. The molecule has 3 heteroatoms. The van der Waals surface area contributed by atoms with Gasteiger partial charge in [-0.1, -0.05) is 39.8 Å². The van der Waals surface area contributed by atoms with Gasteiger partial charge in [-0.25, -0.2) is 0 Å². The first-order valence-electron chi connectivity index (χ1n) is 6.88. The molecule has 19 heavy (non-hydrogen) atoms. The molecule has 0 aromatic heterocycles. The fraction of sp³-hybridized carbons (Fsp3) is 0.562. The highest BCUT2D eigenvalue weighted by molar-refractivity contribution is 5.96. The van der Waals surface area contributed by atoms with Gasteiger partial charge in [0.25, 0.3) is 5.91 Å². The minimum Gasteiger partial charge on any atom is -0.496 e. The zero-order valence-corrected chi connectivity index (χ0v) is 12.6. The van der Waals surface area contributed by atoms with Crippen LogP contribution in [0.2, 0.25) is 0 Å². The predicted octanol–water partition coefficient (Wildman–Crippen LogP) is 3.35. The molecule has 3 nitrogen and oxygen atoms in total. The van der Waals surface area contributed by atoms with Crippen molar-refractivity contribution in [2.75, 3.05) is 13.7 Å². The van der Waals surface area contributed by atoms with Crippen LogP contribution in [-0.2, 0) is 0 Å². The molecule has 1 aromatic carbocycles. The van der Waals surface area contributed by atoms with Crippen LogP contribution in [0.4, 0.5) is 0 Å². The fourth-order valence-corrected chi connectivity index (χ4v) is 2.38. The number of rotatable bonds is 6. The summed E-state index contributed by atoms with van der Waals surface area (Å²) in [6.45, 7) is 9.48. The molecule has 1 aromatic rings. The third-order valence-corrected chi connectivity index (χ3v) is 3.56. The summed E-state index contributed by atoms with van der Waals surface area (Å²) in [5.41, 5.74) is 0.594. The summed E-state index contributed by atoms with van der Waals surface area (Å²) in [6, 6.07) is 7.30. The van der Waals surface area contributed by atoms with Crippen LogP contribution in [0, 0.1) is 17.8 Å². The van der Waals surface area contributed by atoms with E-state index in [0.29, 0.717) is 35.6 Å². The van der Waals surface area contributed by atoms with Crippen LogP contribution in [0.5, 0.6) is 5.75 Å². The Morgan fingerprint density at radius 3 is 2.26 bits per heavy atom. The lowest BCUT2D eigenvalue weighted by Crippen LogP contribution is -2.34. The van der Waals surface area contributed by atoms with E-state index in [9.17, 15) is 4.79 Å². The molecule has 0 unspecified atom stereocenters. The number of carbonyl (C=O) groups excluding carboxylic acids is 1. The third-order valence-electron chi connectivity index (χ3n) is 3.56. The number of amides is 1. The smallest absolute Gasteiger partial charge is 0.255 e. The van der Waals surface area contributed by atoms with E-state index in [1.54, 1.807) is 19.2 Å². The molecule has 0 saturated carbocycles. The van der Waals surface area contributed by atoms with Crippen LogP contribution < -0.4 is 10.1 Å². The van der Waals surface area contributed by atoms with E-state index in [2.05, 4.69) is 33.0 Å². The van der Waals surface area contributed by atoms with Crippen molar-refractivity contribution in [3.8, 4) is 5.75 Å². The van der Waals surface area contributed by atoms with Gasteiger partial charge in [0.2, 0.25) is 0 Å². The second-order valence-corrected chi connectivity index (χ2v) is 5.56. The molecule has 0 heterocycles. The maximum absolute atomic E-state index is 12.2. The van der Waals surface area contributed by atoms with Crippen molar-refractivity contribution >= 4 is 5.91 Å². The third kappa shape index (κ3) is 4.27. The van der Waals surface area contributed by atoms with E-state index in [1.165, 1.54) is 0 Å². The largest absolute Gasteiger partial charge is 0.496 e. The molecule has 0 aliphatic carbocycles. The van der Waals surface area contributed by atoms with Crippen LogP contribution in [0.15, 0.2) is 24.3 Å². The SMILES string of the molecule is COc1ccccc1C(=O)NCC(C(C)C)C(C)C. The van der Waals surface area contributed by atoms with Gasteiger partial charge < -0.3 is 10.1 Å². The molecular formula is C16H25NO2. The van der Waals surface area contributed by atoms with E-state index >= 15 is 0 Å². The Labute approximate surface area is 116 Å². The Kier molecular flexibility index (Phi) is 5.87. The summed E-state index contributed by atoms with van der Waals surface area (Å²) in [6.07, 6.45) is 0. The predicted molar refractivity (Wildman–Crippen MR) is 78.5 cm³/mol. The molecular weight excluding hydrogens is 238 g/mol. The maximum atomic E-state index is 12.2. The molecule has 0 radical (unpaired) electrons. The zero-order valence-electron chi connectivity index (χ0n) is 12.6. The number of nitrogens with one attached hydrogen (secondary N) is 1. The number of ether oxygens (including phenoxy) is 1. The Balaban J connectivity index is 2.69. The summed E-state index contributed by atoms with van der Waals surface area (Å²) in [5.74, 6) is 2.14. The molecule has 1 amide bonds. The summed E-state index contributed by atoms with van der Waals surface area (Å²) < 4.78 is 5.21. The first-order chi connectivity index (χ1) is 8.97. The van der Waals surface area contributed by atoms with E-state index in [4.69, 9.17) is 4.74 Å². The number of methoxy groups -OCH3 is 1. The lowest BCUT2D eigenvalue weighted by atomic mass is 9.85. The van der Waals surface area contributed by atoms with Crippen molar-refractivity contribution in [2.45, 2.75) is 27.7 Å². The average molecular weight is 263 g/mol. The number of carbonyl (C=O) groups is 1. The van der Waals surface area contributed by atoms with E-state index in [0.717, 1.165) is 0 Å². The summed E-state index contributed by atoms with van der Waals surface area (Å²) in [7, 11) is 1.58. The Morgan fingerprint density at radius 2 is 1.74 bits per heavy atom. The molecule has 1 N–H and O–H groups in total. The van der Waals surface area contributed by atoms with Crippen molar-refractivity contribution in [2.24, 2.45) is 17.8 Å². The molecule has 0 aliphatic rings. The highest BCUT2D eigenvalue weighted by Gasteiger charge is 2.19. The minimum absolute atomic E-state index is 0.0660. The monoisotopic (exact) mass is 263 g/mol. The summed E-state index contributed by atoms with van der Waals surface area (Å²) in [5, 5.41) is 3.02. The van der Waals surface area contributed by atoms with Crippen molar-refractivity contribution < 1.29 is 9.53 Å². The van der Waals surface area contributed by atoms with Crippen LogP contribution in [0.1, 0.15) is 38.1 Å². The number of benzene rings is 1. The lowest BCUT2D eigenvalue weighted by Gasteiger charge is -2.25. The first-order valence-corrected chi connectivity index (χ1v) is 6.88. The molecule has 0 bridgehead atoms. The van der Waals surface area contributed by atoms with Gasteiger partial charge in [0, 0.05) is 6.54 Å². The highest BCUT2D eigenvalue weighted by atomic mass is 16.5. The van der Waals surface area contributed by atoms with Gasteiger partial charge in [-0.15, -0.1) is 0 Å². The number of hydrogen-bond donors (Lipinski definition) is 1. The van der Waals surface area contributed by atoms with E-state index in [-0.39, 0.29) is 5.91 Å². The van der Waals surface area contributed by atoms with Crippen molar-refractivity contribution in [1.82, 2.24) is 5.32 Å². The average Bonchev–Trinajstić information content (AvgIpc) is 2.37. The maximum Gasteiger partial charge on any atom is 0.255 e. The Morgan fingerprint density at radius 1 is 1.16 bits per heavy atom. The zero-order chi connectivity index (χ0) is 14.4. The Hall–Kier alpha value is -1.51. The first kappa shape index (κ1) is 15.5. The molecule has 0 atom stereocenters. The van der Waals surface area contributed by atoms with Gasteiger partial charge in [-0.2, -0.15) is 0 Å². The van der Waals surface area contributed by atoms with Gasteiger partial charge in [0.05, 0.1) is 12.7 Å². The minimum atomic E-state index is -0.0660. The van der Waals surface area contributed by atoms with Crippen LogP contribution >= 0.6 is 0 Å². The van der Waals surface area contributed by atoms with Crippen LogP contribution in [-0.4, -0.2) is 19.6 Å². The fourth-order valence-electron chi connectivity index (χ4n) is 2.38. The molecule has 0 aliphatic heterocycles. The van der Waals surface area contributed by atoms with Gasteiger partial charge in [0.1, 0.15) is 5.75 Å². The quantitative estimate of drug-likeness (QED) is 0.854. The molecule has 0 spiro atoms. The molecule has 0 fully saturated rings. The van der Waals surface area contributed by atoms with Crippen LogP contribution in [0.3, 0.4) is 0 Å². The molecule has 0 saturated heterocycles. The summed E-state index contributed by atoms with van der Waals surface area (Å²) >= 11 is 0. The van der Waals surface area contributed by atoms with Crippen molar-refractivity contribution in [1.29, 1.82) is 0 Å². The second-order valence-electron chi connectivity index (χ2n) is 5.56. The second kappa shape index (κ2) is 7.17. The van der Waals surface area contributed by atoms with E-state index in [1.807, 2.05) is 12.1 Å². The number of para-hydroxylation sites is 1. The lowest BCUT2D eigenvalue weighted by molar-refractivity contribution is 0.0934. The molecule has 1 rings (SSSR count). The van der Waals surface area contributed by atoms with Gasteiger partial charge in [0.15, 0.2) is 0 Å². The molecule has 106 valence electrons. The van der Waals surface area contributed by atoms with E-state index < -0.39 is 0 Å². The van der Waals surface area contributed by atoms with Gasteiger partial charge in [-0.05, 0) is 29.9 Å².